The average Bonchev–Trinajstić information content (AvgIpc) is 2.56. The van der Waals surface area contributed by atoms with Gasteiger partial charge >= 0.3 is 0 Å². The summed E-state index contributed by atoms with van der Waals surface area (Å²) in [6.45, 7) is 1.97. The molecule has 1 fully saturated rings. The van der Waals surface area contributed by atoms with Crippen molar-refractivity contribution in [3.8, 4) is 5.75 Å². The number of nitrogens with zero attached hydrogens (tertiary/aromatic N) is 3. The van der Waals surface area contributed by atoms with Crippen LogP contribution in [0.4, 0.5) is 11.5 Å². The molecule has 0 saturated carbocycles. The summed E-state index contributed by atoms with van der Waals surface area (Å²) in [5, 5.41) is 9.33. The molecule has 0 spiro atoms. The van der Waals surface area contributed by atoms with E-state index in [9.17, 15) is 13.5 Å². The molecule has 122 valence electrons. The maximum Gasteiger partial charge on any atom is 0.244 e. The first-order valence-electron chi connectivity index (χ1n) is 7.22. The Bertz CT molecular complexity index is 767. The van der Waals surface area contributed by atoms with E-state index in [-0.39, 0.29) is 10.6 Å². The van der Waals surface area contributed by atoms with Crippen LogP contribution in [0.2, 0.25) is 0 Å². The second-order valence-electron chi connectivity index (χ2n) is 5.33. The van der Waals surface area contributed by atoms with Gasteiger partial charge in [-0.15, -0.1) is 0 Å². The van der Waals surface area contributed by atoms with E-state index in [1.165, 1.54) is 22.6 Å². The predicted octanol–water partition coefficient (Wildman–Crippen LogP) is 0.880. The Labute approximate surface area is 135 Å². The number of phenols is 1. The number of phenolic OH excluding ortho intramolecular Hbond substituents is 1. The number of piperazine rings is 1. The number of aromatic nitrogens is 1. The molecule has 0 amide bonds. The smallest absolute Gasteiger partial charge is 0.244 e. The van der Waals surface area contributed by atoms with Gasteiger partial charge in [0.25, 0.3) is 0 Å². The molecule has 1 aromatic carbocycles. The first-order valence-corrected chi connectivity index (χ1v) is 8.66. The standard InChI is InChI=1S/C15H18N4O3S/c16-15-6-5-14(11-17-15)23(21,22)19-9-7-18(8-10-19)12-1-3-13(20)4-2-12/h1-6,11,20H,7-10H2,(H2,16,17). The van der Waals surface area contributed by atoms with Gasteiger partial charge in [-0.05, 0) is 36.4 Å². The Hall–Kier alpha value is -2.32. The second kappa shape index (κ2) is 6.05. The van der Waals surface area contributed by atoms with Gasteiger partial charge in [0.2, 0.25) is 10.0 Å². The molecule has 1 aliphatic heterocycles. The highest BCUT2D eigenvalue weighted by Crippen LogP contribution is 2.22. The molecule has 0 radical (unpaired) electrons. The molecule has 1 aliphatic rings. The van der Waals surface area contributed by atoms with E-state index in [4.69, 9.17) is 5.73 Å². The maximum absolute atomic E-state index is 12.6. The number of pyridine rings is 1. The predicted molar refractivity (Wildman–Crippen MR) is 87.7 cm³/mol. The number of benzene rings is 1. The summed E-state index contributed by atoms with van der Waals surface area (Å²) in [6.07, 6.45) is 1.29. The van der Waals surface area contributed by atoms with E-state index in [0.717, 1.165) is 5.69 Å². The fourth-order valence-electron chi connectivity index (χ4n) is 2.54. The molecular formula is C15H18N4O3S. The molecule has 3 rings (SSSR count). The number of hydrogen-bond acceptors (Lipinski definition) is 6. The minimum atomic E-state index is -3.54. The fraction of sp³-hybridized carbons (Fsp3) is 0.267. The zero-order valence-electron chi connectivity index (χ0n) is 12.5. The first kappa shape index (κ1) is 15.6. The van der Waals surface area contributed by atoms with E-state index >= 15 is 0 Å². The van der Waals surface area contributed by atoms with Crippen molar-refractivity contribution in [2.75, 3.05) is 36.8 Å². The van der Waals surface area contributed by atoms with Crippen LogP contribution in [-0.2, 0) is 10.0 Å². The summed E-state index contributed by atoms with van der Waals surface area (Å²) in [5.41, 5.74) is 6.46. The summed E-state index contributed by atoms with van der Waals surface area (Å²) < 4.78 is 26.6. The van der Waals surface area contributed by atoms with E-state index in [1.54, 1.807) is 12.1 Å². The molecule has 0 atom stereocenters. The van der Waals surface area contributed by atoms with Crippen molar-refractivity contribution in [1.29, 1.82) is 0 Å². The number of anilines is 2. The Kier molecular flexibility index (Phi) is 4.10. The zero-order chi connectivity index (χ0) is 16.4. The van der Waals surface area contributed by atoms with Gasteiger partial charge in [-0.2, -0.15) is 4.31 Å². The molecule has 2 heterocycles. The molecule has 3 N–H and O–H groups in total. The van der Waals surface area contributed by atoms with Crippen molar-refractivity contribution in [2.45, 2.75) is 4.90 Å². The number of rotatable bonds is 3. The minimum absolute atomic E-state index is 0.157. The van der Waals surface area contributed by atoms with Crippen molar-refractivity contribution < 1.29 is 13.5 Å². The SMILES string of the molecule is Nc1ccc(S(=O)(=O)N2CCN(c3ccc(O)cc3)CC2)cn1. The largest absolute Gasteiger partial charge is 0.508 e. The third-order valence-electron chi connectivity index (χ3n) is 3.85. The van der Waals surface area contributed by atoms with Crippen molar-refractivity contribution in [2.24, 2.45) is 0 Å². The van der Waals surface area contributed by atoms with Crippen LogP contribution < -0.4 is 10.6 Å². The van der Waals surface area contributed by atoms with E-state index < -0.39 is 10.0 Å². The summed E-state index contributed by atoms with van der Waals surface area (Å²) in [6, 6.07) is 9.85. The van der Waals surface area contributed by atoms with Crippen molar-refractivity contribution in [3.05, 3.63) is 42.6 Å². The van der Waals surface area contributed by atoms with Crippen molar-refractivity contribution in [3.63, 3.8) is 0 Å². The van der Waals surface area contributed by atoms with Crippen LogP contribution in [0.3, 0.4) is 0 Å². The Morgan fingerprint density at radius 3 is 2.22 bits per heavy atom. The summed E-state index contributed by atoms with van der Waals surface area (Å²) in [5.74, 6) is 0.506. The molecule has 0 aliphatic carbocycles. The number of sulfonamides is 1. The molecular weight excluding hydrogens is 316 g/mol. The Balaban J connectivity index is 1.70. The van der Waals surface area contributed by atoms with Crippen LogP contribution in [0, 0.1) is 0 Å². The van der Waals surface area contributed by atoms with Gasteiger partial charge in [-0.25, -0.2) is 13.4 Å². The minimum Gasteiger partial charge on any atom is -0.508 e. The summed E-state index contributed by atoms with van der Waals surface area (Å²) >= 11 is 0. The number of hydrogen-bond donors (Lipinski definition) is 2. The summed E-state index contributed by atoms with van der Waals surface area (Å²) in [7, 11) is -3.54. The van der Waals surface area contributed by atoms with Crippen LogP contribution in [0.25, 0.3) is 0 Å². The lowest BCUT2D eigenvalue weighted by Gasteiger charge is -2.35. The average molecular weight is 334 g/mol. The van der Waals surface area contributed by atoms with Crippen molar-refractivity contribution in [1.82, 2.24) is 9.29 Å². The van der Waals surface area contributed by atoms with Gasteiger partial charge in [0.15, 0.2) is 0 Å². The summed E-state index contributed by atoms with van der Waals surface area (Å²) in [4.78, 5) is 6.10. The first-order chi connectivity index (χ1) is 11.0. The van der Waals surface area contributed by atoms with Gasteiger partial charge in [0.1, 0.15) is 16.5 Å². The zero-order valence-corrected chi connectivity index (χ0v) is 13.3. The molecule has 7 nitrogen and oxygen atoms in total. The molecule has 23 heavy (non-hydrogen) atoms. The number of nitrogens with two attached hydrogens (primary N) is 1. The van der Waals surface area contributed by atoms with Crippen LogP contribution in [0.5, 0.6) is 5.75 Å². The molecule has 1 aromatic heterocycles. The molecule has 8 heteroatoms. The maximum atomic E-state index is 12.6. The third-order valence-corrected chi connectivity index (χ3v) is 5.73. The van der Waals surface area contributed by atoms with Gasteiger partial charge in [-0.3, -0.25) is 0 Å². The van der Waals surface area contributed by atoms with Gasteiger partial charge in [0.05, 0.1) is 0 Å². The van der Waals surface area contributed by atoms with Crippen LogP contribution in [0.15, 0.2) is 47.5 Å². The normalized spacial score (nSPS) is 16.4. The van der Waals surface area contributed by atoms with Gasteiger partial charge < -0.3 is 15.7 Å². The quantitative estimate of drug-likeness (QED) is 0.864. The highest BCUT2D eigenvalue weighted by Gasteiger charge is 2.28. The lowest BCUT2D eigenvalue weighted by atomic mass is 10.2. The Morgan fingerprint density at radius 1 is 1.00 bits per heavy atom. The van der Waals surface area contributed by atoms with Gasteiger partial charge in [0, 0.05) is 38.1 Å². The molecule has 2 aromatic rings. The molecule has 0 unspecified atom stereocenters. The number of nitrogen functional groups attached to an aromatic ring is 1. The Morgan fingerprint density at radius 2 is 1.65 bits per heavy atom. The van der Waals surface area contributed by atoms with Crippen LogP contribution in [0.1, 0.15) is 0 Å². The van der Waals surface area contributed by atoms with E-state index in [1.807, 2.05) is 12.1 Å². The topological polar surface area (TPSA) is 99.8 Å². The highest BCUT2D eigenvalue weighted by atomic mass is 32.2. The molecule has 0 bridgehead atoms. The fourth-order valence-corrected chi connectivity index (χ4v) is 3.91. The second-order valence-corrected chi connectivity index (χ2v) is 7.26. The van der Waals surface area contributed by atoms with E-state index in [2.05, 4.69) is 9.88 Å². The van der Waals surface area contributed by atoms with E-state index in [0.29, 0.717) is 32.0 Å². The monoisotopic (exact) mass is 334 g/mol. The van der Waals surface area contributed by atoms with Crippen LogP contribution in [-0.4, -0.2) is 49.0 Å². The lowest BCUT2D eigenvalue weighted by molar-refractivity contribution is 0.384. The molecule has 1 saturated heterocycles. The highest BCUT2D eigenvalue weighted by molar-refractivity contribution is 7.89. The van der Waals surface area contributed by atoms with Gasteiger partial charge in [-0.1, -0.05) is 0 Å². The van der Waals surface area contributed by atoms with Crippen molar-refractivity contribution >= 4 is 21.5 Å². The van der Waals surface area contributed by atoms with Crippen LogP contribution >= 0.6 is 0 Å². The lowest BCUT2D eigenvalue weighted by Crippen LogP contribution is -2.48. The third kappa shape index (κ3) is 3.22. The number of aromatic hydroxyl groups is 1.